The third kappa shape index (κ3) is 5.96. The highest BCUT2D eigenvalue weighted by atomic mass is 19.4. The van der Waals surface area contributed by atoms with Crippen molar-refractivity contribution in [2.45, 2.75) is 31.6 Å². The highest BCUT2D eigenvalue weighted by molar-refractivity contribution is 5.98. The van der Waals surface area contributed by atoms with Crippen LogP contribution in [0.3, 0.4) is 0 Å². The monoisotopic (exact) mass is 634 g/mol. The summed E-state index contributed by atoms with van der Waals surface area (Å²) >= 11 is 0. The van der Waals surface area contributed by atoms with Gasteiger partial charge in [0, 0.05) is 62.6 Å². The van der Waals surface area contributed by atoms with Crippen LogP contribution in [0.2, 0.25) is 0 Å². The summed E-state index contributed by atoms with van der Waals surface area (Å²) in [6, 6.07) is 1.02. The Kier molecular flexibility index (Phi) is 8.35. The zero-order valence-corrected chi connectivity index (χ0v) is 24.2. The van der Waals surface area contributed by atoms with Gasteiger partial charge in [-0.25, -0.2) is 18.6 Å². The Bertz CT molecular complexity index is 1910. The van der Waals surface area contributed by atoms with Crippen molar-refractivity contribution >= 4 is 23.0 Å². The topological polar surface area (TPSA) is 120 Å². The Morgan fingerprint density at radius 1 is 1.11 bits per heavy atom. The van der Waals surface area contributed by atoms with Gasteiger partial charge < -0.3 is 23.9 Å². The van der Waals surface area contributed by atoms with E-state index in [-0.39, 0.29) is 25.1 Å². The van der Waals surface area contributed by atoms with E-state index in [1.807, 2.05) is 0 Å². The second-order valence-electron chi connectivity index (χ2n) is 10.6. The van der Waals surface area contributed by atoms with Gasteiger partial charge in [-0.1, -0.05) is 0 Å². The van der Waals surface area contributed by atoms with Gasteiger partial charge in [-0.2, -0.15) is 13.2 Å². The molecule has 11 nitrogen and oxygen atoms in total. The lowest BCUT2D eigenvalue weighted by Crippen LogP contribution is -2.53. The highest BCUT2D eigenvalue weighted by Gasteiger charge is 2.46. The summed E-state index contributed by atoms with van der Waals surface area (Å²) in [7, 11) is 2.83. The predicted octanol–water partition coefficient (Wildman–Crippen LogP) is 2.37. The summed E-state index contributed by atoms with van der Waals surface area (Å²) in [6.07, 6.45) is -0.505. The van der Waals surface area contributed by atoms with Crippen molar-refractivity contribution in [2.75, 3.05) is 24.7 Å². The molecule has 45 heavy (non-hydrogen) atoms. The van der Waals surface area contributed by atoms with E-state index < -0.39 is 70.7 Å². The maximum Gasteiger partial charge on any atom is 0.411 e. The van der Waals surface area contributed by atoms with Crippen LogP contribution in [0.15, 0.2) is 52.4 Å². The third-order valence-electron chi connectivity index (χ3n) is 7.67. The summed E-state index contributed by atoms with van der Waals surface area (Å²) in [5.74, 6) is -4.64. The van der Waals surface area contributed by atoms with E-state index in [2.05, 4.69) is 10.3 Å². The molecule has 0 radical (unpaired) electrons. The van der Waals surface area contributed by atoms with Crippen LogP contribution in [-0.4, -0.2) is 68.2 Å². The van der Waals surface area contributed by atoms with Crippen molar-refractivity contribution in [3.8, 4) is 11.1 Å². The van der Waals surface area contributed by atoms with Gasteiger partial charge in [0.15, 0.2) is 5.78 Å². The number of alkyl halides is 3. The molecule has 1 amide bonds. The summed E-state index contributed by atoms with van der Waals surface area (Å²) in [5, 5.41) is 2.32. The molecule has 3 aromatic heterocycles. The third-order valence-corrected chi connectivity index (χ3v) is 7.67. The molecule has 1 aliphatic heterocycles. The first-order valence-corrected chi connectivity index (χ1v) is 13.6. The lowest BCUT2D eigenvalue weighted by atomic mass is 10.0. The molecular formula is C29H27F5N6O5. The van der Waals surface area contributed by atoms with Crippen LogP contribution in [0.1, 0.15) is 23.0 Å². The molecule has 0 aliphatic carbocycles. The van der Waals surface area contributed by atoms with Crippen LogP contribution in [-0.2, 0) is 30.0 Å². The number of aromatic nitrogens is 4. The fourth-order valence-electron chi connectivity index (χ4n) is 5.30. The summed E-state index contributed by atoms with van der Waals surface area (Å²) in [5.41, 5.74) is -1.22. The Balaban J connectivity index is 1.42. The first-order valence-electron chi connectivity index (χ1n) is 13.6. The van der Waals surface area contributed by atoms with Crippen molar-refractivity contribution in [1.29, 1.82) is 0 Å². The van der Waals surface area contributed by atoms with Crippen molar-refractivity contribution in [3.05, 3.63) is 86.6 Å². The number of amides is 1. The number of aryl methyl sites for hydroxylation is 1. The number of hydrogen-bond acceptors (Lipinski definition) is 7. The van der Waals surface area contributed by atoms with Crippen molar-refractivity contribution in [2.24, 2.45) is 14.1 Å². The van der Waals surface area contributed by atoms with Crippen LogP contribution in [0, 0.1) is 11.6 Å². The van der Waals surface area contributed by atoms with Gasteiger partial charge in [-0.15, -0.1) is 0 Å². The number of morpholine rings is 1. The molecule has 2 atom stereocenters. The summed E-state index contributed by atoms with van der Waals surface area (Å²) in [6.45, 7) is 0.0803. The number of benzene rings is 1. The zero-order valence-electron chi connectivity index (χ0n) is 24.2. The molecule has 1 fully saturated rings. The molecule has 1 aromatic carbocycles. The molecule has 0 unspecified atom stereocenters. The molecule has 4 aromatic rings. The van der Waals surface area contributed by atoms with Crippen LogP contribution in [0.25, 0.3) is 16.8 Å². The number of ether oxygens (including phenoxy) is 1. The Morgan fingerprint density at radius 2 is 1.80 bits per heavy atom. The first-order chi connectivity index (χ1) is 21.2. The number of carbonyl (C=O) groups excluding carboxylic acids is 2. The van der Waals surface area contributed by atoms with Gasteiger partial charge in [0.05, 0.1) is 24.8 Å². The maximum atomic E-state index is 15.1. The van der Waals surface area contributed by atoms with Crippen molar-refractivity contribution in [1.82, 2.24) is 23.8 Å². The van der Waals surface area contributed by atoms with Crippen LogP contribution in [0.4, 0.5) is 27.6 Å². The largest absolute Gasteiger partial charge is 0.411 e. The molecule has 5 rings (SSSR count). The number of halogens is 5. The van der Waals surface area contributed by atoms with E-state index in [4.69, 9.17) is 4.74 Å². The molecule has 16 heteroatoms. The lowest BCUT2D eigenvalue weighted by molar-refractivity contribution is -0.167. The molecule has 1 N–H and O–H groups in total. The van der Waals surface area contributed by atoms with Gasteiger partial charge in [0.1, 0.15) is 28.9 Å². The van der Waals surface area contributed by atoms with Gasteiger partial charge in [-0.05, 0) is 31.2 Å². The Morgan fingerprint density at radius 3 is 2.44 bits per heavy atom. The van der Waals surface area contributed by atoms with E-state index in [9.17, 15) is 32.3 Å². The molecule has 0 spiro atoms. The number of Topliss-reactive ketones (excluding diaryl/α,β-unsaturated/α-hetero) is 1. The fraction of sp³-hybridized carbons (Fsp3) is 0.345. The second kappa shape index (κ2) is 11.9. The smallest absolute Gasteiger partial charge is 0.377 e. The number of pyridine rings is 1. The van der Waals surface area contributed by atoms with Gasteiger partial charge in [0.25, 0.3) is 11.5 Å². The molecular weight excluding hydrogens is 607 g/mol. The average molecular weight is 635 g/mol. The molecule has 4 heterocycles. The van der Waals surface area contributed by atoms with Crippen LogP contribution < -0.4 is 21.5 Å². The minimum atomic E-state index is -4.73. The number of nitrogens with one attached hydrogen (secondary N) is 1. The zero-order chi connectivity index (χ0) is 32.8. The fourth-order valence-corrected chi connectivity index (χ4v) is 5.30. The number of nitrogens with zero attached hydrogens (tertiary/aromatic N) is 5. The second-order valence-corrected chi connectivity index (χ2v) is 10.6. The van der Waals surface area contributed by atoms with E-state index in [1.165, 1.54) is 38.0 Å². The first kappa shape index (κ1) is 31.6. The lowest BCUT2D eigenvalue weighted by Gasteiger charge is -2.38. The minimum Gasteiger partial charge on any atom is -0.377 e. The molecule has 1 saturated heterocycles. The number of rotatable bonds is 7. The van der Waals surface area contributed by atoms with E-state index in [0.29, 0.717) is 29.0 Å². The van der Waals surface area contributed by atoms with Crippen molar-refractivity contribution in [3.63, 3.8) is 0 Å². The molecule has 0 bridgehead atoms. The highest BCUT2D eigenvalue weighted by Crippen LogP contribution is 2.33. The Hall–Kier alpha value is -4.86. The summed E-state index contributed by atoms with van der Waals surface area (Å²) in [4.78, 5) is 55.7. The van der Waals surface area contributed by atoms with Crippen molar-refractivity contribution < 1.29 is 36.3 Å². The predicted molar refractivity (Wildman–Crippen MR) is 151 cm³/mol. The quantitative estimate of drug-likeness (QED) is 0.310. The number of fused-ring (bicyclic) bond motifs is 1. The van der Waals surface area contributed by atoms with Gasteiger partial charge in [-0.3, -0.25) is 19.0 Å². The van der Waals surface area contributed by atoms with Gasteiger partial charge in [0.2, 0.25) is 0 Å². The SMILES string of the molecule is CC(=O)[C@H](Cc1ccc(-c2cn(C)c(=O)n(C)c2=O)c2nccn12)NC(=O)c1c(F)cc(N2CCOC[C@@H]2C(F)(F)F)cc1F. The number of imidazole rings is 1. The minimum absolute atomic E-state index is 0.0921. The average Bonchev–Trinajstić information content (AvgIpc) is 3.47. The van der Waals surface area contributed by atoms with E-state index in [1.54, 1.807) is 22.7 Å². The standard InChI is InChI=1S/C29H27F5N6O5/c1-15(41)22(12-16-4-5-18(25-35-6-7-40(16)25)19-13-37(2)28(44)38(3)27(19)43)36-26(42)24-20(30)10-17(11-21(24)31)39-8-9-45-14-23(39)29(32,33)34/h4-7,10-11,13,22-23H,8-9,12,14H2,1-3H3,(H,36,42)/t22-,23+/m0/s1. The summed E-state index contributed by atoms with van der Waals surface area (Å²) < 4.78 is 79.4. The Labute approximate surface area is 251 Å². The molecule has 238 valence electrons. The van der Waals surface area contributed by atoms with Gasteiger partial charge >= 0.3 is 11.9 Å². The number of anilines is 1. The van der Waals surface area contributed by atoms with E-state index >= 15 is 8.78 Å². The number of hydrogen-bond donors (Lipinski definition) is 1. The van der Waals surface area contributed by atoms with E-state index in [0.717, 1.165) is 9.47 Å². The molecule has 1 aliphatic rings. The van der Waals surface area contributed by atoms with Crippen LogP contribution >= 0.6 is 0 Å². The normalized spacial score (nSPS) is 16.2. The number of ketones is 1. The maximum absolute atomic E-state index is 15.1. The number of carbonyl (C=O) groups is 2. The molecule has 0 saturated carbocycles. The van der Waals surface area contributed by atoms with Crippen LogP contribution in [0.5, 0.6) is 0 Å².